The van der Waals surface area contributed by atoms with E-state index in [2.05, 4.69) is 19.2 Å². The SMILES string of the molecule is CC(C)/C=C(\SC(C)N)C(=O)NC1CC1. The third kappa shape index (κ3) is 5.23. The van der Waals surface area contributed by atoms with Crippen molar-refractivity contribution in [2.24, 2.45) is 11.7 Å². The van der Waals surface area contributed by atoms with Crippen LogP contribution in [0.15, 0.2) is 11.0 Å². The summed E-state index contributed by atoms with van der Waals surface area (Å²) in [5.74, 6) is 0.407. The quantitative estimate of drug-likeness (QED) is 0.557. The molecule has 0 heterocycles. The van der Waals surface area contributed by atoms with Crippen LogP contribution >= 0.6 is 11.8 Å². The van der Waals surface area contributed by atoms with Crippen molar-refractivity contribution in [3.63, 3.8) is 0 Å². The average Bonchev–Trinajstić information content (AvgIpc) is 2.85. The van der Waals surface area contributed by atoms with Crippen LogP contribution in [0, 0.1) is 5.92 Å². The monoisotopic (exact) mass is 228 g/mol. The normalized spacial score (nSPS) is 19.1. The van der Waals surface area contributed by atoms with E-state index in [0.717, 1.165) is 17.7 Å². The molecule has 1 rings (SSSR count). The molecule has 0 radical (unpaired) electrons. The largest absolute Gasteiger partial charge is 0.349 e. The average molecular weight is 228 g/mol. The van der Waals surface area contributed by atoms with Crippen molar-refractivity contribution in [1.29, 1.82) is 0 Å². The minimum Gasteiger partial charge on any atom is -0.349 e. The van der Waals surface area contributed by atoms with Crippen molar-refractivity contribution in [1.82, 2.24) is 5.32 Å². The Labute approximate surface area is 95.9 Å². The van der Waals surface area contributed by atoms with Gasteiger partial charge in [0.15, 0.2) is 0 Å². The molecule has 0 bridgehead atoms. The van der Waals surface area contributed by atoms with Gasteiger partial charge in [-0.1, -0.05) is 19.9 Å². The van der Waals surface area contributed by atoms with Gasteiger partial charge in [0.05, 0.1) is 10.3 Å². The minimum absolute atomic E-state index is 0.0356. The lowest BCUT2D eigenvalue weighted by molar-refractivity contribution is -0.116. The molecule has 1 unspecified atom stereocenters. The van der Waals surface area contributed by atoms with Crippen molar-refractivity contribution < 1.29 is 4.79 Å². The zero-order chi connectivity index (χ0) is 11.4. The Morgan fingerprint density at radius 2 is 2.07 bits per heavy atom. The smallest absolute Gasteiger partial charge is 0.257 e. The zero-order valence-electron chi connectivity index (χ0n) is 9.62. The molecule has 1 amide bonds. The number of thioether (sulfide) groups is 1. The first-order valence-corrected chi connectivity index (χ1v) is 6.32. The van der Waals surface area contributed by atoms with Gasteiger partial charge in [-0.2, -0.15) is 0 Å². The second-order valence-corrected chi connectivity index (χ2v) is 5.76. The summed E-state index contributed by atoms with van der Waals surface area (Å²) in [5.41, 5.74) is 5.70. The van der Waals surface area contributed by atoms with Crippen LogP contribution in [-0.4, -0.2) is 17.3 Å². The second-order valence-electron chi connectivity index (χ2n) is 4.35. The molecular weight excluding hydrogens is 208 g/mol. The Balaban J connectivity index is 2.56. The Kier molecular flexibility index (Phi) is 4.67. The van der Waals surface area contributed by atoms with E-state index in [4.69, 9.17) is 5.73 Å². The number of nitrogens with one attached hydrogen (secondary N) is 1. The molecule has 0 saturated heterocycles. The lowest BCUT2D eigenvalue weighted by Crippen LogP contribution is -2.27. The summed E-state index contributed by atoms with van der Waals surface area (Å²) in [5, 5.41) is 2.94. The molecule has 0 aromatic rings. The van der Waals surface area contributed by atoms with Gasteiger partial charge in [-0.3, -0.25) is 4.79 Å². The summed E-state index contributed by atoms with van der Waals surface area (Å²) in [7, 11) is 0. The number of allylic oxidation sites excluding steroid dienone is 1. The molecule has 1 fully saturated rings. The summed E-state index contributed by atoms with van der Waals surface area (Å²) in [4.78, 5) is 12.6. The van der Waals surface area contributed by atoms with E-state index in [9.17, 15) is 4.79 Å². The van der Waals surface area contributed by atoms with E-state index in [1.54, 1.807) is 0 Å². The van der Waals surface area contributed by atoms with E-state index in [-0.39, 0.29) is 11.3 Å². The van der Waals surface area contributed by atoms with Gasteiger partial charge in [0.25, 0.3) is 5.91 Å². The topological polar surface area (TPSA) is 55.1 Å². The molecular formula is C11H20N2OS. The van der Waals surface area contributed by atoms with E-state index >= 15 is 0 Å². The highest BCUT2D eigenvalue weighted by Crippen LogP contribution is 2.24. The maximum Gasteiger partial charge on any atom is 0.257 e. The van der Waals surface area contributed by atoms with Gasteiger partial charge < -0.3 is 11.1 Å². The van der Waals surface area contributed by atoms with Crippen molar-refractivity contribution in [3.05, 3.63) is 11.0 Å². The molecule has 1 aliphatic carbocycles. The first-order chi connectivity index (χ1) is 6.99. The standard InChI is InChI=1S/C11H20N2OS/c1-7(2)6-10(15-8(3)12)11(14)13-9-4-5-9/h6-9H,4-5,12H2,1-3H3,(H,13,14)/b10-6-. The zero-order valence-corrected chi connectivity index (χ0v) is 10.4. The van der Waals surface area contributed by atoms with Gasteiger partial charge in [0.2, 0.25) is 0 Å². The third-order valence-electron chi connectivity index (χ3n) is 1.93. The van der Waals surface area contributed by atoms with Crippen LogP contribution in [0.3, 0.4) is 0 Å². The fourth-order valence-electron chi connectivity index (χ4n) is 1.16. The maximum absolute atomic E-state index is 11.8. The molecule has 1 saturated carbocycles. The van der Waals surface area contributed by atoms with Crippen LogP contribution in [0.25, 0.3) is 0 Å². The van der Waals surface area contributed by atoms with Crippen molar-refractivity contribution in [3.8, 4) is 0 Å². The summed E-state index contributed by atoms with van der Waals surface area (Å²) in [6.45, 7) is 6.02. The predicted molar refractivity (Wildman–Crippen MR) is 65.3 cm³/mol. The molecule has 4 heteroatoms. The van der Waals surface area contributed by atoms with Gasteiger partial charge in [0, 0.05) is 6.04 Å². The molecule has 86 valence electrons. The summed E-state index contributed by atoms with van der Waals surface area (Å²) in [6, 6.07) is 0.404. The second kappa shape index (κ2) is 5.56. The Morgan fingerprint density at radius 3 is 2.47 bits per heavy atom. The predicted octanol–water partition coefficient (Wildman–Crippen LogP) is 1.84. The highest BCUT2D eigenvalue weighted by molar-refractivity contribution is 8.04. The number of hydrogen-bond donors (Lipinski definition) is 2. The lowest BCUT2D eigenvalue weighted by Gasteiger charge is -2.11. The van der Waals surface area contributed by atoms with Gasteiger partial charge in [-0.25, -0.2) is 0 Å². The van der Waals surface area contributed by atoms with Crippen molar-refractivity contribution in [2.45, 2.75) is 45.0 Å². The number of rotatable bonds is 5. The molecule has 0 aliphatic heterocycles. The lowest BCUT2D eigenvalue weighted by atomic mass is 10.2. The highest BCUT2D eigenvalue weighted by Gasteiger charge is 2.25. The number of nitrogens with two attached hydrogens (primary N) is 1. The number of carbonyl (C=O) groups excluding carboxylic acids is 1. The van der Waals surface area contributed by atoms with Gasteiger partial charge in [-0.15, -0.1) is 11.8 Å². The Hall–Kier alpha value is -0.480. The molecule has 1 atom stereocenters. The van der Waals surface area contributed by atoms with Gasteiger partial charge >= 0.3 is 0 Å². The fourth-order valence-corrected chi connectivity index (χ4v) is 2.07. The fraction of sp³-hybridized carbons (Fsp3) is 0.727. The first-order valence-electron chi connectivity index (χ1n) is 5.44. The van der Waals surface area contributed by atoms with Crippen LogP contribution in [0.1, 0.15) is 33.6 Å². The Bertz CT molecular complexity index is 257. The number of amides is 1. The molecule has 1 aliphatic rings. The van der Waals surface area contributed by atoms with Crippen molar-refractivity contribution in [2.75, 3.05) is 0 Å². The van der Waals surface area contributed by atoms with E-state index in [0.29, 0.717) is 12.0 Å². The van der Waals surface area contributed by atoms with Gasteiger partial charge in [-0.05, 0) is 25.7 Å². The van der Waals surface area contributed by atoms with Gasteiger partial charge in [0.1, 0.15) is 0 Å². The van der Waals surface area contributed by atoms with Crippen LogP contribution in [0.4, 0.5) is 0 Å². The molecule has 3 N–H and O–H groups in total. The van der Waals surface area contributed by atoms with Crippen LogP contribution < -0.4 is 11.1 Å². The first kappa shape index (κ1) is 12.6. The number of carbonyl (C=O) groups is 1. The van der Waals surface area contributed by atoms with Crippen LogP contribution in [-0.2, 0) is 4.79 Å². The molecule has 0 spiro atoms. The molecule has 15 heavy (non-hydrogen) atoms. The maximum atomic E-state index is 11.8. The summed E-state index contributed by atoms with van der Waals surface area (Å²) < 4.78 is 0. The van der Waals surface area contributed by atoms with E-state index < -0.39 is 0 Å². The van der Waals surface area contributed by atoms with Crippen LogP contribution in [0.2, 0.25) is 0 Å². The molecule has 0 aromatic heterocycles. The summed E-state index contributed by atoms with van der Waals surface area (Å²) in [6.07, 6.45) is 4.21. The highest BCUT2D eigenvalue weighted by atomic mass is 32.2. The van der Waals surface area contributed by atoms with Crippen molar-refractivity contribution >= 4 is 17.7 Å². The minimum atomic E-state index is -0.0417. The Morgan fingerprint density at radius 1 is 1.47 bits per heavy atom. The molecule has 0 aromatic carbocycles. The molecule has 3 nitrogen and oxygen atoms in total. The summed E-state index contributed by atoms with van der Waals surface area (Å²) >= 11 is 1.43. The third-order valence-corrected chi connectivity index (χ3v) is 2.88. The van der Waals surface area contributed by atoms with E-state index in [1.165, 1.54) is 11.8 Å². The van der Waals surface area contributed by atoms with E-state index in [1.807, 2.05) is 13.0 Å². The van der Waals surface area contributed by atoms with Crippen LogP contribution in [0.5, 0.6) is 0 Å². The number of hydrogen-bond acceptors (Lipinski definition) is 3.